The lowest BCUT2D eigenvalue weighted by atomic mass is 10.1. The van der Waals surface area contributed by atoms with Crippen molar-refractivity contribution in [3.8, 4) is 0 Å². The highest BCUT2D eigenvalue weighted by Gasteiger charge is 2.34. The topological polar surface area (TPSA) is 84.3 Å². The van der Waals surface area contributed by atoms with Crippen LogP contribution in [0.25, 0.3) is 11.0 Å². The number of aromatic nitrogens is 2. The zero-order valence-electron chi connectivity index (χ0n) is 16.9. The van der Waals surface area contributed by atoms with Gasteiger partial charge in [-0.15, -0.1) is 0 Å². The molecule has 1 aliphatic heterocycles. The maximum atomic E-state index is 12.4. The molecule has 0 bridgehead atoms. The van der Waals surface area contributed by atoms with Gasteiger partial charge >= 0.3 is 0 Å². The summed E-state index contributed by atoms with van der Waals surface area (Å²) in [5.41, 5.74) is 2.86. The van der Waals surface area contributed by atoms with E-state index in [4.69, 9.17) is 4.98 Å². The summed E-state index contributed by atoms with van der Waals surface area (Å²) < 4.78 is 2.19. The Labute approximate surface area is 174 Å². The standard InChI is InChI=1S/C23H24N4O3/c1-2-14-26-19-10-6-5-9-18(19)25-20(26)11-13-24-21(28)12-15-27-22(29)16-7-3-4-8-17(16)23(27)30/h3-10H,2,11-15H2,1H3,(H,24,28). The van der Waals surface area contributed by atoms with Gasteiger partial charge < -0.3 is 9.88 Å². The van der Waals surface area contributed by atoms with Gasteiger partial charge in [0.05, 0.1) is 22.2 Å². The molecule has 1 N–H and O–H groups in total. The monoisotopic (exact) mass is 404 g/mol. The lowest BCUT2D eigenvalue weighted by molar-refractivity contribution is -0.121. The normalized spacial score (nSPS) is 13.2. The molecule has 4 rings (SSSR count). The fourth-order valence-corrected chi connectivity index (χ4v) is 3.85. The van der Waals surface area contributed by atoms with E-state index >= 15 is 0 Å². The number of nitrogens with one attached hydrogen (secondary N) is 1. The van der Waals surface area contributed by atoms with Crippen LogP contribution in [0.2, 0.25) is 0 Å². The van der Waals surface area contributed by atoms with Gasteiger partial charge in [0, 0.05) is 32.5 Å². The Bertz CT molecular complexity index is 1080. The van der Waals surface area contributed by atoms with Gasteiger partial charge in [-0.2, -0.15) is 0 Å². The summed E-state index contributed by atoms with van der Waals surface area (Å²) >= 11 is 0. The first-order valence-electron chi connectivity index (χ1n) is 10.3. The number of hydrogen-bond acceptors (Lipinski definition) is 4. The van der Waals surface area contributed by atoms with Crippen LogP contribution >= 0.6 is 0 Å². The van der Waals surface area contributed by atoms with E-state index in [1.165, 1.54) is 0 Å². The average molecular weight is 404 g/mol. The predicted octanol–water partition coefficient (Wildman–Crippen LogP) is 2.79. The number of imidazole rings is 1. The van der Waals surface area contributed by atoms with Gasteiger partial charge in [-0.1, -0.05) is 31.2 Å². The molecule has 0 spiro atoms. The Hall–Kier alpha value is -3.48. The molecule has 2 aromatic carbocycles. The minimum absolute atomic E-state index is 0.0759. The van der Waals surface area contributed by atoms with Gasteiger partial charge in [0.2, 0.25) is 5.91 Å². The van der Waals surface area contributed by atoms with Crippen LogP contribution in [0, 0.1) is 0 Å². The zero-order chi connectivity index (χ0) is 21.1. The first kappa shape index (κ1) is 19.8. The van der Waals surface area contributed by atoms with Crippen molar-refractivity contribution < 1.29 is 14.4 Å². The molecule has 1 aromatic heterocycles. The summed E-state index contributed by atoms with van der Waals surface area (Å²) in [5.74, 6) is 0.0803. The van der Waals surface area contributed by atoms with Crippen molar-refractivity contribution in [1.29, 1.82) is 0 Å². The molecular formula is C23H24N4O3. The highest BCUT2D eigenvalue weighted by molar-refractivity contribution is 6.21. The lowest BCUT2D eigenvalue weighted by Crippen LogP contribution is -2.35. The molecule has 0 saturated carbocycles. The molecular weight excluding hydrogens is 380 g/mol. The highest BCUT2D eigenvalue weighted by Crippen LogP contribution is 2.22. The summed E-state index contributed by atoms with van der Waals surface area (Å²) in [4.78, 5) is 42.8. The maximum Gasteiger partial charge on any atom is 0.261 e. The molecule has 0 atom stereocenters. The van der Waals surface area contributed by atoms with Crippen molar-refractivity contribution in [2.75, 3.05) is 13.1 Å². The van der Waals surface area contributed by atoms with E-state index in [-0.39, 0.29) is 30.7 Å². The van der Waals surface area contributed by atoms with E-state index in [0.29, 0.717) is 24.1 Å². The van der Waals surface area contributed by atoms with E-state index in [1.54, 1.807) is 24.3 Å². The summed E-state index contributed by atoms with van der Waals surface area (Å²) in [6.07, 6.45) is 1.70. The van der Waals surface area contributed by atoms with Crippen molar-refractivity contribution in [2.45, 2.75) is 32.7 Å². The third-order valence-electron chi connectivity index (χ3n) is 5.29. The van der Waals surface area contributed by atoms with Gasteiger partial charge in [0.15, 0.2) is 0 Å². The van der Waals surface area contributed by atoms with E-state index in [0.717, 1.165) is 34.7 Å². The Balaban J connectivity index is 1.31. The highest BCUT2D eigenvalue weighted by atomic mass is 16.2. The zero-order valence-corrected chi connectivity index (χ0v) is 16.9. The van der Waals surface area contributed by atoms with Crippen molar-refractivity contribution in [3.05, 3.63) is 65.5 Å². The molecule has 7 nitrogen and oxygen atoms in total. The van der Waals surface area contributed by atoms with E-state index in [9.17, 15) is 14.4 Å². The van der Waals surface area contributed by atoms with Crippen LogP contribution in [-0.4, -0.2) is 45.3 Å². The van der Waals surface area contributed by atoms with Crippen LogP contribution in [0.3, 0.4) is 0 Å². The Morgan fingerprint density at radius 1 is 0.967 bits per heavy atom. The number of hydrogen-bond donors (Lipinski definition) is 1. The number of fused-ring (bicyclic) bond motifs is 2. The smallest absolute Gasteiger partial charge is 0.261 e. The van der Waals surface area contributed by atoms with Gasteiger partial charge in [0.25, 0.3) is 11.8 Å². The molecule has 154 valence electrons. The molecule has 1 aliphatic rings. The van der Waals surface area contributed by atoms with Crippen LogP contribution in [-0.2, 0) is 17.8 Å². The van der Waals surface area contributed by atoms with Crippen molar-refractivity contribution in [2.24, 2.45) is 0 Å². The summed E-state index contributed by atoms with van der Waals surface area (Å²) in [6, 6.07) is 14.7. The summed E-state index contributed by atoms with van der Waals surface area (Å²) in [5, 5.41) is 2.88. The second-order valence-corrected chi connectivity index (χ2v) is 7.33. The molecule has 2 heterocycles. The first-order valence-corrected chi connectivity index (χ1v) is 10.3. The molecule has 30 heavy (non-hydrogen) atoms. The molecule has 3 amide bonds. The third-order valence-corrected chi connectivity index (χ3v) is 5.29. The lowest BCUT2D eigenvalue weighted by Gasteiger charge is -2.13. The average Bonchev–Trinajstić information content (AvgIpc) is 3.22. The number of nitrogens with zero attached hydrogens (tertiary/aromatic N) is 3. The predicted molar refractivity (Wildman–Crippen MR) is 113 cm³/mol. The van der Waals surface area contributed by atoms with Crippen LogP contribution < -0.4 is 5.32 Å². The maximum absolute atomic E-state index is 12.4. The van der Waals surface area contributed by atoms with Gasteiger partial charge in [-0.3, -0.25) is 19.3 Å². The number of benzene rings is 2. The van der Waals surface area contributed by atoms with Crippen LogP contribution in [0.15, 0.2) is 48.5 Å². The number of rotatable bonds is 8. The Kier molecular flexibility index (Phi) is 5.61. The molecule has 7 heteroatoms. The fourth-order valence-electron chi connectivity index (χ4n) is 3.85. The second kappa shape index (κ2) is 8.49. The second-order valence-electron chi connectivity index (χ2n) is 7.33. The molecule has 0 radical (unpaired) electrons. The van der Waals surface area contributed by atoms with E-state index in [2.05, 4.69) is 22.9 Å². The number of amides is 3. The van der Waals surface area contributed by atoms with Gasteiger partial charge in [-0.25, -0.2) is 4.98 Å². The number of aryl methyl sites for hydroxylation is 1. The number of imide groups is 1. The molecule has 0 aliphatic carbocycles. The third kappa shape index (κ3) is 3.70. The molecule has 0 saturated heterocycles. The molecule has 0 unspecified atom stereocenters. The summed E-state index contributed by atoms with van der Waals surface area (Å²) in [7, 11) is 0. The quantitative estimate of drug-likeness (QED) is 0.585. The molecule has 3 aromatic rings. The SMILES string of the molecule is CCCn1c(CCNC(=O)CCN2C(=O)c3ccccc3C2=O)nc2ccccc21. The van der Waals surface area contributed by atoms with Crippen LogP contribution in [0.4, 0.5) is 0 Å². The van der Waals surface area contributed by atoms with Crippen molar-refractivity contribution >= 4 is 28.8 Å². The van der Waals surface area contributed by atoms with Gasteiger partial charge in [0.1, 0.15) is 5.82 Å². The largest absolute Gasteiger partial charge is 0.356 e. The molecule has 0 fully saturated rings. The number of carbonyl (C=O) groups excluding carboxylic acids is 3. The number of para-hydroxylation sites is 2. The fraction of sp³-hybridized carbons (Fsp3) is 0.304. The first-order chi connectivity index (χ1) is 14.6. The van der Waals surface area contributed by atoms with Crippen molar-refractivity contribution in [3.63, 3.8) is 0 Å². The Morgan fingerprint density at radius 2 is 1.63 bits per heavy atom. The van der Waals surface area contributed by atoms with E-state index in [1.807, 2.05) is 18.2 Å². The van der Waals surface area contributed by atoms with Crippen LogP contribution in [0.1, 0.15) is 46.3 Å². The minimum Gasteiger partial charge on any atom is -0.356 e. The Morgan fingerprint density at radius 3 is 2.33 bits per heavy atom. The van der Waals surface area contributed by atoms with Gasteiger partial charge in [-0.05, 0) is 30.7 Å². The van der Waals surface area contributed by atoms with Crippen LogP contribution in [0.5, 0.6) is 0 Å². The number of carbonyl (C=O) groups is 3. The minimum atomic E-state index is -0.336. The summed E-state index contributed by atoms with van der Waals surface area (Å²) in [6.45, 7) is 3.53. The van der Waals surface area contributed by atoms with Crippen molar-refractivity contribution in [1.82, 2.24) is 19.8 Å². The van der Waals surface area contributed by atoms with E-state index < -0.39 is 0 Å².